The molecule has 0 aromatic rings. The van der Waals surface area contributed by atoms with Crippen molar-refractivity contribution in [3.8, 4) is 0 Å². The lowest BCUT2D eigenvalue weighted by Crippen LogP contribution is -2.46. The van der Waals surface area contributed by atoms with Crippen LogP contribution in [0.2, 0.25) is 0 Å². The van der Waals surface area contributed by atoms with Crippen LogP contribution in [0.25, 0.3) is 0 Å². The molecule has 0 radical (unpaired) electrons. The smallest absolute Gasteiger partial charge is 0.0154 e. The minimum atomic E-state index is 0.271. The highest BCUT2D eigenvalue weighted by Crippen LogP contribution is 2.36. The molecule has 2 heteroatoms. The molecule has 12 heavy (non-hydrogen) atoms. The van der Waals surface area contributed by atoms with Gasteiger partial charge in [0.2, 0.25) is 0 Å². The Kier molecular flexibility index (Phi) is 2.66. The van der Waals surface area contributed by atoms with Gasteiger partial charge in [0.25, 0.3) is 0 Å². The van der Waals surface area contributed by atoms with Crippen molar-refractivity contribution in [2.45, 2.75) is 44.1 Å². The topological polar surface area (TPSA) is 26.0 Å². The van der Waals surface area contributed by atoms with Crippen LogP contribution in [0.5, 0.6) is 0 Å². The second-order valence-electron chi connectivity index (χ2n) is 4.48. The first-order valence-corrected chi connectivity index (χ1v) is 6.31. The minimum Gasteiger partial charge on any atom is -0.325 e. The van der Waals surface area contributed by atoms with Gasteiger partial charge < -0.3 is 5.73 Å². The van der Waals surface area contributed by atoms with Gasteiger partial charge in [0.1, 0.15) is 0 Å². The van der Waals surface area contributed by atoms with Crippen molar-refractivity contribution in [1.29, 1.82) is 0 Å². The summed E-state index contributed by atoms with van der Waals surface area (Å²) in [5.74, 6) is 3.79. The van der Waals surface area contributed by atoms with Crippen molar-refractivity contribution in [2.24, 2.45) is 11.7 Å². The number of hydrogen-bond donors (Lipinski definition) is 1. The van der Waals surface area contributed by atoms with Gasteiger partial charge >= 0.3 is 0 Å². The molecule has 0 spiro atoms. The van der Waals surface area contributed by atoms with Gasteiger partial charge in [0, 0.05) is 5.54 Å². The van der Waals surface area contributed by atoms with Gasteiger partial charge in [-0.15, -0.1) is 0 Å². The molecule has 1 atom stereocenters. The summed E-state index contributed by atoms with van der Waals surface area (Å²) in [5.41, 5.74) is 6.45. The summed E-state index contributed by atoms with van der Waals surface area (Å²) in [6.45, 7) is 0. The monoisotopic (exact) mass is 185 g/mol. The van der Waals surface area contributed by atoms with Crippen LogP contribution in [0.1, 0.15) is 38.5 Å². The Labute approximate surface area is 79.5 Å². The van der Waals surface area contributed by atoms with E-state index in [0.29, 0.717) is 0 Å². The van der Waals surface area contributed by atoms with Gasteiger partial charge in [-0.05, 0) is 55.9 Å². The Balaban J connectivity index is 1.67. The molecule has 1 nitrogen and oxygen atoms in total. The second-order valence-corrected chi connectivity index (χ2v) is 5.63. The molecule has 0 amide bonds. The van der Waals surface area contributed by atoms with E-state index in [2.05, 4.69) is 11.8 Å². The summed E-state index contributed by atoms with van der Waals surface area (Å²) >= 11 is 2.12. The molecule has 0 bridgehead atoms. The summed E-state index contributed by atoms with van der Waals surface area (Å²) in [4.78, 5) is 0. The average Bonchev–Trinajstić information content (AvgIpc) is 2.49. The summed E-state index contributed by atoms with van der Waals surface area (Å²) in [7, 11) is 0. The van der Waals surface area contributed by atoms with Gasteiger partial charge in [-0.1, -0.05) is 0 Å². The molecular formula is C10H19NS. The number of hydrogen-bond acceptors (Lipinski definition) is 2. The molecule has 2 N–H and O–H groups in total. The Hall–Kier alpha value is 0.310. The standard InChI is InChI=1S/C10H19NS/c11-10(4-1-5-10)6-2-9-3-7-12-8-9/h9H,1-8,11H2. The summed E-state index contributed by atoms with van der Waals surface area (Å²) in [5, 5.41) is 0. The van der Waals surface area contributed by atoms with Crippen LogP contribution < -0.4 is 5.73 Å². The van der Waals surface area contributed by atoms with E-state index in [9.17, 15) is 0 Å². The quantitative estimate of drug-likeness (QED) is 0.730. The van der Waals surface area contributed by atoms with Crippen LogP contribution in [0.15, 0.2) is 0 Å². The lowest BCUT2D eigenvalue weighted by Gasteiger charge is -2.38. The SMILES string of the molecule is NC1(CCC2CCSC2)CCC1. The molecule has 1 saturated carbocycles. The fraction of sp³-hybridized carbons (Fsp3) is 1.00. The molecule has 1 heterocycles. The lowest BCUT2D eigenvalue weighted by atomic mass is 9.73. The highest BCUT2D eigenvalue weighted by molar-refractivity contribution is 7.99. The number of thioether (sulfide) groups is 1. The first-order valence-electron chi connectivity index (χ1n) is 5.15. The van der Waals surface area contributed by atoms with Crippen molar-refractivity contribution in [3.05, 3.63) is 0 Å². The van der Waals surface area contributed by atoms with E-state index in [1.54, 1.807) is 0 Å². The molecular weight excluding hydrogens is 166 g/mol. The Morgan fingerprint density at radius 1 is 1.42 bits per heavy atom. The number of rotatable bonds is 3. The van der Waals surface area contributed by atoms with Gasteiger partial charge in [0.05, 0.1) is 0 Å². The molecule has 0 aromatic carbocycles. The molecule has 1 aliphatic carbocycles. The highest BCUT2D eigenvalue weighted by atomic mass is 32.2. The van der Waals surface area contributed by atoms with Gasteiger partial charge in [-0.2, -0.15) is 11.8 Å². The Bertz CT molecular complexity index is 148. The average molecular weight is 185 g/mol. The maximum Gasteiger partial charge on any atom is 0.0154 e. The van der Waals surface area contributed by atoms with Crippen molar-refractivity contribution in [2.75, 3.05) is 11.5 Å². The van der Waals surface area contributed by atoms with Crippen LogP contribution in [0, 0.1) is 5.92 Å². The van der Waals surface area contributed by atoms with Crippen molar-refractivity contribution in [1.82, 2.24) is 0 Å². The predicted octanol–water partition coefficient (Wildman–Crippen LogP) is 2.40. The predicted molar refractivity (Wildman–Crippen MR) is 55.4 cm³/mol. The van der Waals surface area contributed by atoms with Crippen molar-refractivity contribution < 1.29 is 0 Å². The molecule has 1 saturated heterocycles. The minimum absolute atomic E-state index is 0.271. The van der Waals surface area contributed by atoms with Crippen molar-refractivity contribution >= 4 is 11.8 Å². The van der Waals surface area contributed by atoms with Crippen LogP contribution in [-0.2, 0) is 0 Å². The van der Waals surface area contributed by atoms with E-state index >= 15 is 0 Å². The fourth-order valence-electron chi connectivity index (χ4n) is 2.18. The van der Waals surface area contributed by atoms with E-state index in [-0.39, 0.29) is 5.54 Å². The molecule has 70 valence electrons. The summed E-state index contributed by atoms with van der Waals surface area (Å²) in [6.07, 6.45) is 8.07. The summed E-state index contributed by atoms with van der Waals surface area (Å²) < 4.78 is 0. The molecule has 1 unspecified atom stereocenters. The fourth-order valence-corrected chi connectivity index (χ4v) is 3.52. The third-order valence-electron chi connectivity index (χ3n) is 3.42. The van der Waals surface area contributed by atoms with E-state index in [0.717, 1.165) is 5.92 Å². The first kappa shape index (κ1) is 8.89. The third kappa shape index (κ3) is 1.97. The normalized spacial score (nSPS) is 33.2. The zero-order chi connectivity index (χ0) is 8.44. The lowest BCUT2D eigenvalue weighted by molar-refractivity contribution is 0.216. The zero-order valence-electron chi connectivity index (χ0n) is 7.72. The highest BCUT2D eigenvalue weighted by Gasteiger charge is 2.32. The Morgan fingerprint density at radius 3 is 2.75 bits per heavy atom. The van der Waals surface area contributed by atoms with Gasteiger partial charge in [-0.3, -0.25) is 0 Å². The molecule has 2 aliphatic rings. The van der Waals surface area contributed by atoms with Gasteiger partial charge in [-0.25, -0.2) is 0 Å². The zero-order valence-corrected chi connectivity index (χ0v) is 8.54. The molecule has 1 aliphatic heterocycles. The second kappa shape index (κ2) is 3.59. The Morgan fingerprint density at radius 2 is 2.25 bits per heavy atom. The molecule has 2 rings (SSSR count). The largest absolute Gasteiger partial charge is 0.325 e. The number of nitrogens with two attached hydrogens (primary N) is 1. The van der Waals surface area contributed by atoms with E-state index < -0.39 is 0 Å². The summed E-state index contributed by atoms with van der Waals surface area (Å²) in [6, 6.07) is 0. The van der Waals surface area contributed by atoms with Crippen LogP contribution in [0.3, 0.4) is 0 Å². The molecule has 0 aromatic heterocycles. The maximum atomic E-state index is 6.17. The first-order chi connectivity index (χ1) is 5.79. The van der Waals surface area contributed by atoms with E-state index in [4.69, 9.17) is 5.73 Å². The van der Waals surface area contributed by atoms with Gasteiger partial charge in [0.15, 0.2) is 0 Å². The van der Waals surface area contributed by atoms with E-state index in [1.807, 2.05) is 0 Å². The third-order valence-corrected chi connectivity index (χ3v) is 4.66. The van der Waals surface area contributed by atoms with Crippen molar-refractivity contribution in [3.63, 3.8) is 0 Å². The molecule has 2 fully saturated rings. The van der Waals surface area contributed by atoms with Crippen LogP contribution >= 0.6 is 11.8 Å². The van der Waals surface area contributed by atoms with E-state index in [1.165, 1.54) is 50.0 Å². The maximum absolute atomic E-state index is 6.17. The van der Waals surface area contributed by atoms with Crippen LogP contribution in [-0.4, -0.2) is 17.0 Å². The van der Waals surface area contributed by atoms with Crippen LogP contribution in [0.4, 0.5) is 0 Å².